The molecule has 3 aromatic rings. The average molecular weight is 516 g/mol. The first-order valence-electron chi connectivity index (χ1n) is 11.3. The monoisotopic (exact) mass is 515 g/mol. The van der Waals surface area contributed by atoms with E-state index in [4.69, 9.17) is 11.6 Å². The van der Waals surface area contributed by atoms with Crippen LogP contribution >= 0.6 is 11.6 Å². The number of rotatable bonds is 7. The number of hydrogen-bond donors (Lipinski definition) is 0. The van der Waals surface area contributed by atoms with Gasteiger partial charge in [-0.2, -0.15) is 4.31 Å². The van der Waals surface area contributed by atoms with Gasteiger partial charge in [0.2, 0.25) is 15.9 Å². The van der Waals surface area contributed by atoms with Crippen molar-refractivity contribution in [2.24, 2.45) is 0 Å². The maximum Gasteiger partial charge on any atom is 0.243 e. The molecule has 9 heteroatoms. The van der Waals surface area contributed by atoms with Crippen LogP contribution < -0.4 is 4.90 Å². The second-order valence-corrected chi connectivity index (χ2v) is 10.9. The molecule has 1 heterocycles. The Bertz CT molecular complexity index is 1280. The van der Waals surface area contributed by atoms with Crippen molar-refractivity contribution in [2.45, 2.75) is 18.4 Å². The molecule has 0 bridgehead atoms. The van der Waals surface area contributed by atoms with Crippen LogP contribution in [0.3, 0.4) is 0 Å². The van der Waals surface area contributed by atoms with Gasteiger partial charge < -0.3 is 9.80 Å². The van der Waals surface area contributed by atoms with E-state index in [2.05, 4.69) is 4.90 Å². The molecule has 0 aliphatic carbocycles. The Morgan fingerprint density at radius 2 is 1.57 bits per heavy atom. The molecule has 0 spiro atoms. The summed E-state index contributed by atoms with van der Waals surface area (Å²) < 4.78 is 41.5. The Balaban J connectivity index is 1.50. The first-order chi connectivity index (χ1) is 16.7. The topological polar surface area (TPSA) is 60.9 Å². The van der Waals surface area contributed by atoms with Crippen LogP contribution in [0.1, 0.15) is 11.1 Å². The minimum absolute atomic E-state index is 0.0823. The highest BCUT2D eigenvalue weighted by atomic mass is 35.5. The summed E-state index contributed by atoms with van der Waals surface area (Å²) in [4.78, 5) is 17.1. The van der Waals surface area contributed by atoms with Crippen molar-refractivity contribution in [1.82, 2.24) is 9.21 Å². The van der Waals surface area contributed by atoms with Gasteiger partial charge in [-0.25, -0.2) is 12.8 Å². The molecule has 0 atom stereocenters. The number of halogens is 2. The summed E-state index contributed by atoms with van der Waals surface area (Å²) in [7, 11) is -3.94. The van der Waals surface area contributed by atoms with Gasteiger partial charge in [0.1, 0.15) is 5.82 Å². The number of nitrogens with zero attached hydrogens (tertiary/aromatic N) is 3. The second-order valence-electron chi connectivity index (χ2n) is 8.50. The van der Waals surface area contributed by atoms with Crippen molar-refractivity contribution < 1.29 is 17.6 Å². The van der Waals surface area contributed by atoms with Gasteiger partial charge in [0.25, 0.3) is 0 Å². The van der Waals surface area contributed by atoms with Gasteiger partial charge in [-0.15, -0.1) is 0 Å². The minimum Gasteiger partial charge on any atom is -0.368 e. The van der Waals surface area contributed by atoms with E-state index in [1.54, 1.807) is 17.0 Å². The number of piperazine rings is 1. The average Bonchev–Trinajstić information content (AvgIpc) is 2.85. The number of sulfonamides is 1. The Kier molecular flexibility index (Phi) is 7.74. The maximum absolute atomic E-state index is 13.5. The fraction of sp³-hybridized carbons (Fsp3) is 0.269. The summed E-state index contributed by atoms with van der Waals surface area (Å²) in [6, 6.07) is 19.7. The number of anilines is 1. The fourth-order valence-corrected chi connectivity index (χ4v) is 5.57. The standard InChI is InChI=1S/C26H27ClFN3O3S/c1-20-4-2-3-5-21(20)18-31(35(33,34)25-12-6-22(27)7-13-25)19-26(32)30-16-14-29(15-17-30)24-10-8-23(28)9-11-24/h2-13H,14-19H2,1H3. The van der Waals surface area contributed by atoms with Crippen molar-refractivity contribution in [3.63, 3.8) is 0 Å². The molecule has 0 N–H and O–H groups in total. The van der Waals surface area contributed by atoms with E-state index >= 15 is 0 Å². The summed E-state index contributed by atoms with van der Waals surface area (Å²) in [6.45, 7) is 3.80. The molecule has 0 unspecified atom stereocenters. The number of carbonyl (C=O) groups excluding carboxylic acids is 1. The zero-order valence-electron chi connectivity index (χ0n) is 19.4. The number of aryl methyl sites for hydroxylation is 1. The van der Waals surface area contributed by atoms with Crippen LogP contribution in [-0.2, 0) is 21.4 Å². The van der Waals surface area contributed by atoms with Crippen LogP contribution in [0.15, 0.2) is 77.7 Å². The van der Waals surface area contributed by atoms with Gasteiger partial charge in [0.05, 0.1) is 11.4 Å². The molecular formula is C26H27ClFN3O3S. The summed E-state index contributed by atoms with van der Waals surface area (Å²) in [5.41, 5.74) is 2.67. The Morgan fingerprint density at radius 3 is 2.20 bits per heavy atom. The molecule has 35 heavy (non-hydrogen) atoms. The minimum atomic E-state index is -3.94. The third kappa shape index (κ3) is 6.01. The van der Waals surface area contributed by atoms with E-state index in [0.29, 0.717) is 31.2 Å². The molecule has 0 saturated carbocycles. The number of carbonyl (C=O) groups is 1. The molecule has 0 aromatic heterocycles. The summed E-state index contributed by atoms with van der Waals surface area (Å²) in [5, 5.41) is 0.435. The molecule has 6 nitrogen and oxygen atoms in total. The third-order valence-corrected chi connectivity index (χ3v) is 8.25. The van der Waals surface area contributed by atoms with Crippen molar-refractivity contribution >= 4 is 33.2 Å². The maximum atomic E-state index is 13.5. The van der Waals surface area contributed by atoms with Gasteiger partial charge in [-0.1, -0.05) is 35.9 Å². The molecule has 184 valence electrons. The molecule has 3 aromatic carbocycles. The van der Waals surface area contributed by atoms with Crippen molar-refractivity contribution in [1.29, 1.82) is 0 Å². The molecular weight excluding hydrogens is 489 g/mol. The summed E-state index contributed by atoms with van der Waals surface area (Å²) >= 11 is 5.95. The van der Waals surface area contributed by atoms with Gasteiger partial charge in [0, 0.05) is 43.4 Å². The lowest BCUT2D eigenvalue weighted by atomic mass is 10.1. The molecule has 1 aliphatic heterocycles. The molecule has 1 aliphatic rings. The molecule has 1 saturated heterocycles. The first kappa shape index (κ1) is 25.2. The van der Waals surface area contributed by atoms with Crippen molar-refractivity contribution in [3.8, 4) is 0 Å². The molecule has 4 rings (SSSR count). The van der Waals surface area contributed by atoms with E-state index in [0.717, 1.165) is 16.8 Å². The highest BCUT2D eigenvalue weighted by Crippen LogP contribution is 2.23. The van der Waals surface area contributed by atoms with Crippen molar-refractivity contribution in [2.75, 3.05) is 37.6 Å². The SMILES string of the molecule is Cc1ccccc1CN(CC(=O)N1CCN(c2ccc(F)cc2)CC1)S(=O)(=O)c1ccc(Cl)cc1. The Morgan fingerprint density at radius 1 is 0.943 bits per heavy atom. The lowest BCUT2D eigenvalue weighted by molar-refractivity contribution is -0.131. The molecule has 0 radical (unpaired) electrons. The third-order valence-electron chi connectivity index (χ3n) is 6.20. The summed E-state index contributed by atoms with van der Waals surface area (Å²) in [5.74, 6) is -0.548. The first-order valence-corrected chi connectivity index (χ1v) is 13.1. The van der Waals surface area contributed by atoms with E-state index in [1.807, 2.05) is 31.2 Å². The lowest BCUT2D eigenvalue weighted by Crippen LogP contribution is -2.51. The molecule has 1 amide bonds. The van der Waals surface area contributed by atoms with Crippen LogP contribution in [0.4, 0.5) is 10.1 Å². The van der Waals surface area contributed by atoms with Crippen molar-refractivity contribution in [3.05, 3.63) is 94.8 Å². The Hall–Kier alpha value is -2.94. The number of amides is 1. The Labute approximate surface area is 210 Å². The quantitative estimate of drug-likeness (QED) is 0.470. The zero-order chi connectivity index (χ0) is 25.0. The van der Waals surface area contributed by atoms with Crippen LogP contribution in [0.5, 0.6) is 0 Å². The predicted molar refractivity (Wildman–Crippen MR) is 135 cm³/mol. The lowest BCUT2D eigenvalue weighted by Gasteiger charge is -2.37. The number of benzene rings is 3. The smallest absolute Gasteiger partial charge is 0.243 e. The largest absolute Gasteiger partial charge is 0.368 e. The van der Waals surface area contributed by atoms with Crippen LogP contribution in [0.2, 0.25) is 5.02 Å². The van der Waals surface area contributed by atoms with Crippen LogP contribution in [0, 0.1) is 12.7 Å². The highest BCUT2D eigenvalue weighted by Gasteiger charge is 2.30. The zero-order valence-corrected chi connectivity index (χ0v) is 21.0. The van der Waals surface area contributed by atoms with E-state index in [-0.39, 0.29) is 29.7 Å². The van der Waals surface area contributed by atoms with Gasteiger partial charge in [-0.05, 0) is 66.6 Å². The van der Waals surface area contributed by atoms with Gasteiger partial charge in [0.15, 0.2) is 0 Å². The van der Waals surface area contributed by atoms with Gasteiger partial charge in [-0.3, -0.25) is 4.79 Å². The van der Waals surface area contributed by atoms with Gasteiger partial charge >= 0.3 is 0 Å². The van der Waals surface area contributed by atoms with Crippen LogP contribution in [-0.4, -0.2) is 56.3 Å². The second kappa shape index (κ2) is 10.8. The number of hydrogen-bond acceptors (Lipinski definition) is 4. The predicted octanol–water partition coefficient (Wildman–Crippen LogP) is 4.33. The van der Waals surface area contributed by atoms with Crippen LogP contribution in [0.25, 0.3) is 0 Å². The normalized spacial score (nSPS) is 14.4. The fourth-order valence-electron chi connectivity index (χ4n) is 4.08. The van der Waals surface area contributed by atoms with E-state index in [1.165, 1.54) is 40.7 Å². The van der Waals surface area contributed by atoms with E-state index < -0.39 is 10.0 Å². The highest BCUT2D eigenvalue weighted by molar-refractivity contribution is 7.89. The molecule has 1 fully saturated rings. The van der Waals surface area contributed by atoms with E-state index in [9.17, 15) is 17.6 Å². The summed E-state index contributed by atoms with van der Waals surface area (Å²) in [6.07, 6.45) is 0.